The van der Waals surface area contributed by atoms with Crippen molar-refractivity contribution in [2.24, 2.45) is 5.73 Å². The standard InChI is InChI=1S/C15H26N4O9/c1-5(17-14(26)10(16)6(2)20)12(24)18-8(4-9(22)23)13(25)19-11(7(3)21)15(27)28/h5-8,10-11,20-21H,4,16H2,1-3H3,(H,17,26)(H,18,24)(H,19,25)(H,22,23)(H,27,28). The van der Waals surface area contributed by atoms with E-state index in [2.05, 4.69) is 10.6 Å². The number of carboxylic acid groups (broad SMARTS) is 2. The van der Waals surface area contributed by atoms with Gasteiger partial charge in [0, 0.05) is 0 Å². The average molecular weight is 406 g/mol. The zero-order valence-electron chi connectivity index (χ0n) is 15.6. The highest BCUT2D eigenvalue weighted by molar-refractivity contribution is 5.95. The van der Waals surface area contributed by atoms with E-state index in [9.17, 15) is 34.2 Å². The fourth-order valence-corrected chi connectivity index (χ4v) is 1.92. The van der Waals surface area contributed by atoms with Crippen LogP contribution in [0.15, 0.2) is 0 Å². The summed E-state index contributed by atoms with van der Waals surface area (Å²) in [6.07, 6.45) is -3.55. The molecule has 13 heteroatoms. The van der Waals surface area contributed by atoms with Crippen LogP contribution in [-0.4, -0.2) is 86.5 Å². The van der Waals surface area contributed by atoms with Crippen LogP contribution in [0.5, 0.6) is 0 Å². The molecule has 0 aromatic carbocycles. The summed E-state index contributed by atoms with van der Waals surface area (Å²) in [4.78, 5) is 58.1. The van der Waals surface area contributed by atoms with Crippen LogP contribution in [-0.2, 0) is 24.0 Å². The molecule has 0 saturated carbocycles. The highest BCUT2D eigenvalue weighted by Gasteiger charge is 2.32. The number of aliphatic carboxylic acids is 2. The van der Waals surface area contributed by atoms with Crippen LogP contribution in [0.2, 0.25) is 0 Å². The van der Waals surface area contributed by atoms with E-state index in [0.29, 0.717) is 0 Å². The summed E-state index contributed by atoms with van der Waals surface area (Å²) < 4.78 is 0. The topological polar surface area (TPSA) is 228 Å². The molecule has 160 valence electrons. The van der Waals surface area contributed by atoms with E-state index in [1.54, 1.807) is 0 Å². The van der Waals surface area contributed by atoms with Crippen LogP contribution in [0.25, 0.3) is 0 Å². The van der Waals surface area contributed by atoms with Gasteiger partial charge in [0.15, 0.2) is 6.04 Å². The van der Waals surface area contributed by atoms with Crippen LogP contribution in [0.4, 0.5) is 0 Å². The van der Waals surface area contributed by atoms with Crippen molar-refractivity contribution in [3.63, 3.8) is 0 Å². The van der Waals surface area contributed by atoms with Gasteiger partial charge >= 0.3 is 11.9 Å². The minimum Gasteiger partial charge on any atom is -0.481 e. The molecule has 0 fully saturated rings. The number of aliphatic hydroxyl groups excluding tert-OH is 2. The summed E-state index contributed by atoms with van der Waals surface area (Å²) in [5.74, 6) is -5.97. The minimum absolute atomic E-state index is 0.850. The van der Waals surface area contributed by atoms with E-state index < -0.39 is 72.5 Å². The lowest BCUT2D eigenvalue weighted by atomic mass is 10.1. The number of carbonyl (C=O) groups is 5. The zero-order valence-corrected chi connectivity index (χ0v) is 15.6. The first-order chi connectivity index (χ1) is 12.8. The highest BCUT2D eigenvalue weighted by Crippen LogP contribution is 2.00. The molecule has 0 aromatic rings. The van der Waals surface area contributed by atoms with Crippen molar-refractivity contribution in [2.75, 3.05) is 0 Å². The number of amides is 3. The van der Waals surface area contributed by atoms with Crippen molar-refractivity contribution in [1.29, 1.82) is 0 Å². The Morgan fingerprint density at radius 1 is 0.821 bits per heavy atom. The Morgan fingerprint density at radius 2 is 1.36 bits per heavy atom. The third-order valence-electron chi connectivity index (χ3n) is 3.63. The lowest BCUT2D eigenvalue weighted by Crippen LogP contribution is -2.58. The Hall–Kier alpha value is -2.77. The molecular weight excluding hydrogens is 380 g/mol. The Morgan fingerprint density at radius 3 is 1.75 bits per heavy atom. The quantitative estimate of drug-likeness (QED) is 0.166. The van der Waals surface area contributed by atoms with Crippen molar-refractivity contribution >= 4 is 29.7 Å². The molecule has 0 heterocycles. The monoisotopic (exact) mass is 406 g/mol. The molecular formula is C15H26N4O9. The predicted molar refractivity (Wildman–Crippen MR) is 92.7 cm³/mol. The number of rotatable bonds is 11. The van der Waals surface area contributed by atoms with E-state index in [1.807, 2.05) is 5.32 Å². The van der Waals surface area contributed by atoms with Gasteiger partial charge in [-0.15, -0.1) is 0 Å². The van der Waals surface area contributed by atoms with Gasteiger partial charge in [-0.25, -0.2) is 4.79 Å². The second kappa shape index (κ2) is 11.2. The molecule has 0 aromatic heterocycles. The van der Waals surface area contributed by atoms with Gasteiger partial charge in [-0.05, 0) is 20.8 Å². The van der Waals surface area contributed by atoms with Crippen LogP contribution < -0.4 is 21.7 Å². The van der Waals surface area contributed by atoms with Gasteiger partial charge in [-0.2, -0.15) is 0 Å². The fraction of sp³-hybridized carbons (Fsp3) is 0.667. The molecule has 6 atom stereocenters. The molecule has 3 amide bonds. The van der Waals surface area contributed by atoms with Crippen molar-refractivity contribution in [3.8, 4) is 0 Å². The third kappa shape index (κ3) is 8.28. The number of nitrogens with two attached hydrogens (primary N) is 1. The van der Waals surface area contributed by atoms with Gasteiger partial charge in [0.05, 0.1) is 18.6 Å². The Bertz CT molecular complexity index is 608. The number of hydrogen-bond donors (Lipinski definition) is 8. The third-order valence-corrected chi connectivity index (χ3v) is 3.63. The summed E-state index contributed by atoms with van der Waals surface area (Å²) in [5.41, 5.74) is 5.42. The number of carboxylic acids is 2. The summed E-state index contributed by atoms with van der Waals surface area (Å²) in [6.45, 7) is 3.60. The SMILES string of the molecule is CC(NC(=O)C(N)C(C)O)C(=O)NC(CC(=O)O)C(=O)NC(C(=O)O)C(C)O. The molecule has 0 aliphatic carbocycles. The lowest BCUT2D eigenvalue weighted by molar-refractivity contribution is -0.146. The molecule has 0 saturated heterocycles. The summed E-state index contributed by atoms with van der Waals surface area (Å²) >= 11 is 0. The molecule has 13 nitrogen and oxygen atoms in total. The van der Waals surface area contributed by atoms with Crippen molar-refractivity contribution < 1.29 is 44.4 Å². The smallest absolute Gasteiger partial charge is 0.328 e. The zero-order chi connectivity index (χ0) is 22.2. The van der Waals surface area contributed by atoms with Crippen molar-refractivity contribution in [3.05, 3.63) is 0 Å². The van der Waals surface area contributed by atoms with E-state index in [1.165, 1.54) is 13.8 Å². The average Bonchev–Trinajstić information content (AvgIpc) is 2.56. The maximum absolute atomic E-state index is 12.2. The molecule has 0 spiro atoms. The van der Waals surface area contributed by atoms with Gasteiger partial charge in [-0.1, -0.05) is 0 Å². The van der Waals surface area contributed by atoms with Gasteiger partial charge in [0.1, 0.15) is 18.1 Å². The van der Waals surface area contributed by atoms with Crippen LogP contribution in [0.1, 0.15) is 27.2 Å². The second-order valence-corrected chi connectivity index (χ2v) is 6.22. The molecule has 6 unspecified atom stereocenters. The van der Waals surface area contributed by atoms with Gasteiger partial charge in [-0.3, -0.25) is 19.2 Å². The first kappa shape index (κ1) is 25.2. The second-order valence-electron chi connectivity index (χ2n) is 6.22. The number of hydrogen-bond acceptors (Lipinski definition) is 8. The molecule has 0 rings (SSSR count). The van der Waals surface area contributed by atoms with Crippen LogP contribution in [0, 0.1) is 0 Å². The first-order valence-electron chi connectivity index (χ1n) is 8.25. The van der Waals surface area contributed by atoms with E-state index >= 15 is 0 Å². The van der Waals surface area contributed by atoms with Crippen molar-refractivity contribution in [2.45, 2.75) is 63.6 Å². The molecule has 9 N–H and O–H groups in total. The molecule has 0 radical (unpaired) electrons. The minimum atomic E-state index is -1.72. The summed E-state index contributed by atoms with van der Waals surface area (Å²) in [5, 5.41) is 42.7. The lowest BCUT2D eigenvalue weighted by Gasteiger charge is -2.24. The van der Waals surface area contributed by atoms with Gasteiger partial charge in [0.2, 0.25) is 17.7 Å². The Balaban J connectivity index is 5.14. The number of aliphatic hydroxyl groups is 2. The Labute approximate surface area is 160 Å². The van der Waals surface area contributed by atoms with E-state index in [4.69, 9.17) is 15.9 Å². The molecule has 0 aliphatic heterocycles. The van der Waals surface area contributed by atoms with Crippen LogP contribution >= 0.6 is 0 Å². The van der Waals surface area contributed by atoms with Gasteiger partial charge in [0.25, 0.3) is 0 Å². The summed E-state index contributed by atoms with van der Waals surface area (Å²) in [7, 11) is 0. The largest absolute Gasteiger partial charge is 0.481 e. The predicted octanol–water partition coefficient (Wildman–Crippen LogP) is -3.89. The Kier molecular flexibility index (Phi) is 10.1. The molecule has 0 bridgehead atoms. The van der Waals surface area contributed by atoms with Gasteiger partial charge < -0.3 is 42.1 Å². The van der Waals surface area contributed by atoms with Crippen molar-refractivity contribution in [1.82, 2.24) is 16.0 Å². The molecule has 0 aliphatic rings. The first-order valence-corrected chi connectivity index (χ1v) is 8.25. The maximum atomic E-state index is 12.2. The highest BCUT2D eigenvalue weighted by atomic mass is 16.4. The van der Waals surface area contributed by atoms with E-state index in [-0.39, 0.29) is 0 Å². The number of carbonyl (C=O) groups excluding carboxylic acids is 3. The maximum Gasteiger partial charge on any atom is 0.328 e. The normalized spacial score (nSPS) is 17.2. The van der Waals surface area contributed by atoms with E-state index in [0.717, 1.165) is 6.92 Å². The van der Waals surface area contributed by atoms with Crippen LogP contribution in [0.3, 0.4) is 0 Å². The fourth-order valence-electron chi connectivity index (χ4n) is 1.92. The summed E-state index contributed by atoms with van der Waals surface area (Å²) in [6, 6.07) is -5.94. The molecule has 28 heavy (non-hydrogen) atoms. The number of nitrogens with one attached hydrogen (secondary N) is 3.